The van der Waals surface area contributed by atoms with Crippen molar-refractivity contribution in [3.63, 3.8) is 0 Å². The van der Waals surface area contributed by atoms with Gasteiger partial charge in [-0.05, 0) is 35.9 Å². The first-order chi connectivity index (χ1) is 12.7. The van der Waals surface area contributed by atoms with Gasteiger partial charge in [0, 0.05) is 31.2 Å². The number of carbonyl (C=O) groups excluding carboxylic acids is 2. The number of nitrogens with one attached hydrogen (secondary N) is 3. The number of benzene rings is 1. The molecule has 0 saturated carbocycles. The molecule has 1 heterocycles. The highest BCUT2D eigenvalue weighted by molar-refractivity contribution is 5.92. The first kappa shape index (κ1) is 19.6. The first-order valence-electron chi connectivity index (χ1n) is 8.50. The summed E-state index contributed by atoms with van der Waals surface area (Å²) < 4.78 is 5.16. The second kappa shape index (κ2) is 11.0. The van der Waals surface area contributed by atoms with Crippen LogP contribution in [-0.4, -0.2) is 36.6 Å². The lowest BCUT2D eigenvalue weighted by molar-refractivity contribution is -0.128. The molecule has 2 amide bonds. The summed E-state index contributed by atoms with van der Waals surface area (Å²) in [5, 5.41) is 8.70. The standard InChI is InChI=1S/C19H24N4O3/c1-2-20-10-15-5-3-7-17(9-15)23-19(25)14-26-13-18(24)22-12-16-6-4-8-21-11-16/h3-9,11,20H,2,10,12-14H2,1H3,(H,22,24)(H,23,25). The molecule has 0 radical (unpaired) electrons. The highest BCUT2D eigenvalue weighted by atomic mass is 16.5. The van der Waals surface area contributed by atoms with Crippen molar-refractivity contribution in [2.75, 3.05) is 25.1 Å². The largest absolute Gasteiger partial charge is 0.362 e. The molecule has 0 bridgehead atoms. The van der Waals surface area contributed by atoms with Gasteiger partial charge in [-0.3, -0.25) is 14.6 Å². The van der Waals surface area contributed by atoms with Crippen LogP contribution >= 0.6 is 0 Å². The van der Waals surface area contributed by atoms with E-state index in [4.69, 9.17) is 4.74 Å². The molecule has 0 saturated heterocycles. The predicted octanol–water partition coefficient (Wildman–Crippen LogP) is 1.46. The maximum atomic E-state index is 11.9. The van der Waals surface area contributed by atoms with E-state index in [0.29, 0.717) is 12.2 Å². The number of amides is 2. The Morgan fingerprint density at radius 1 is 1.04 bits per heavy atom. The molecule has 3 N–H and O–H groups in total. The molecule has 0 aliphatic carbocycles. The van der Waals surface area contributed by atoms with Crippen molar-refractivity contribution in [2.24, 2.45) is 0 Å². The lowest BCUT2D eigenvalue weighted by Gasteiger charge is -2.09. The quantitative estimate of drug-likeness (QED) is 0.599. The normalized spacial score (nSPS) is 10.3. The molecule has 0 aliphatic heterocycles. The average Bonchev–Trinajstić information content (AvgIpc) is 2.66. The minimum Gasteiger partial charge on any atom is -0.362 e. The Hall–Kier alpha value is -2.77. The summed E-state index contributed by atoms with van der Waals surface area (Å²) in [5.74, 6) is -0.583. The van der Waals surface area contributed by atoms with Crippen LogP contribution in [0.1, 0.15) is 18.1 Å². The van der Waals surface area contributed by atoms with Crippen LogP contribution in [0.25, 0.3) is 0 Å². The molecule has 0 aliphatic rings. The fourth-order valence-corrected chi connectivity index (χ4v) is 2.22. The van der Waals surface area contributed by atoms with Crippen molar-refractivity contribution >= 4 is 17.5 Å². The van der Waals surface area contributed by atoms with Crippen LogP contribution in [0.4, 0.5) is 5.69 Å². The molecule has 2 aromatic rings. The zero-order valence-corrected chi connectivity index (χ0v) is 14.8. The summed E-state index contributed by atoms with van der Waals surface area (Å²) in [6.45, 7) is 3.68. The molecule has 26 heavy (non-hydrogen) atoms. The molecule has 0 spiro atoms. The van der Waals surface area contributed by atoms with Gasteiger partial charge in [0.2, 0.25) is 11.8 Å². The Bertz CT molecular complexity index is 707. The Labute approximate surface area is 153 Å². The Balaban J connectivity index is 1.66. The molecule has 7 nitrogen and oxygen atoms in total. The van der Waals surface area contributed by atoms with Gasteiger partial charge in [0.1, 0.15) is 13.2 Å². The van der Waals surface area contributed by atoms with Gasteiger partial charge in [-0.25, -0.2) is 0 Å². The Morgan fingerprint density at radius 2 is 1.85 bits per heavy atom. The molecule has 0 atom stereocenters. The third-order valence-electron chi connectivity index (χ3n) is 3.47. The minimum absolute atomic E-state index is 0.172. The highest BCUT2D eigenvalue weighted by Crippen LogP contribution is 2.10. The fourth-order valence-electron chi connectivity index (χ4n) is 2.22. The smallest absolute Gasteiger partial charge is 0.250 e. The third-order valence-corrected chi connectivity index (χ3v) is 3.47. The predicted molar refractivity (Wildman–Crippen MR) is 99.4 cm³/mol. The van der Waals surface area contributed by atoms with E-state index in [2.05, 4.69) is 20.9 Å². The van der Waals surface area contributed by atoms with Gasteiger partial charge in [-0.1, -0.05) is 25.1 Å². The van der Waals surface area contributed by atoms with Crippen molar-refractivity contribution in [2.45, 2.75) is 20.0 Å². The Kier molecular flexibility index (Phi) is 8.25. The van der Waals surface area contributed by atoms with Crippen LogP contribution in [0.3, 0.4) is 0 Å². The number of anilines is 1. The molecule has 0 unspecified atom stereocenters. The van der Waals surface area contributed by atoms with E-state index in [9.17, 15) is 9.59 Å². The van der Waals surface area contributed by atoms with E-state index in [1.807, 2.05) is 37.3 Å². The van der Waals surface area contributed by atoms with Gasteiger partial charge in [0.25, 0.3) is 0 Å². The molecular formula is C19H24N4O3. The van der Waals surface area contributed by atoms with Crippen molar-refractivity contribution < 1.29 is 14.3 Å². The van der Waals surface area contributed by atoms with Gasteiger partial charge in [-0.2, -0.15) is 0 Å². The van der Waals surface area contributed by atoms with E-state index < -0.39 is 0 Å². The summed E-state index contributed by atoms with van der Waals surface area (Å²) in [4.78, 5) is 27.6. The van der Waals surface area contributed by atoms with Crippen molar-refractivity contribution in [1.29, 1.82) is 0 Å². The molecule has 2 rings (SSSR count). The van der Waals surface area contributed by atoms with Gasteiger partial charge in [0.05, 0.1) is 0 Å². The number of carbonyl (C=O) groups is 2. The number of hydrogen-bond donors (Lipinski definition) is 3. The monoisotopic (exact) mass is 356 g/mol. The molecule has 138 valence electrons. The second-order valence-corrected chi connectivity index (χ2v) is 5.66. The van der Waals surface area contributed by atoms with Gasteiger partial charge in [0.15, 0.2) is 0 Å². The van der Waals surface area contributed by atoms with E-state index >= 15 is 0 Å². The number of pyridine rings is 1. The summed E-state index contributed by atoms with van der Waals surface area (Å²) in [5.41, 5.74) is 2.69. The van der Waals surface area contributed by atoms with Crippen LogP contribution in [0, 0.1) is 0 Å². The topological polar surface area (TPSA) is 92.4 Å². The fraction of sp³-hybridized carbons (Fsp3) is 0.316. The van der Waals surface area contributed by atoms with E-state index in [-0.39, 0.29) is 25.0 Å². The molecule has 7 heteroatoms. The average molecular weight is 356 g/mol. The number of ether oxygens (including phenoxy) is 1. The van der Waals surface area contributed by atoms with Crippen molar-refractivity contribution in [3.8, 4) is 0 Å². The van der Waals surface area contributed by atoms with Gasteiger partial charge < -0.3 is 20.7 Å². The van der Waals surface area contributed by atoms with Crippen LogP contribution in [-0.2, 0) is 27.4 Å². The third kappa shape index (κ3) is 7.42. The molecule has 1 aromatic heterocycles. The summed E-state index contributed by atoms with van der Waals surface area (Å²) >= 11 is 0. The highest BCUT2D eigenvalue weighted by Gasteiger charge is 2.06. The number of aromatic nitrogens is 1. The maximum Gasteiger partial charge on any atom is 0.250 e. The van der Waals surface area contributed by atoms with E-state index in [0.717, 1.165) is 24.2 Å². The second-order valence-electron chi connectivity index (χ2n) is 5.66. The van der Waals surface area contributed by atoms with E-state index in [1.165, 1.54) is 0 Å². The zero-order chi connectivity index (χ0) is 18.6. The lowest BCUT2D eigenvalue weighted by Crippen LogP contribution is -2.29. The number of rotatable bonds is 10. The van der Waals surface area contributed by atoms with Crippen molar-refractivity contribution in [1.82, 2.24) is 15.6 Å². The van der Waals surface area contributed by atoms with Crippen LogP contribution in [0.2, 0.25) is 0 Å². The van der Waals surface area contributed by atoms with Gasteiger partial charge >= 0.3 is 0 Å². The van der Waals surface area contributed by atoms with Crippen LogP contribution < -0.4 is 16.0 Å². The Morgan fingerprint density at radius 3 is 2.62 bits per heavy atom. The summed E-state index contributed by atoms with van der Waals surface area (Å²) in [6.07, 6.45) is 3.35. The van der Waals surface area contributed by atoms with E-state index in [1.54, 1.807) is 18.5 Å². The number of nitrogens with zero attached hydrogens (tertiary/aromatic N) is 1. The molecule has 1 aromatic carbocycles. The van der Waals surface area contributed by atoms with Gasteiger partial charge in [-0.15, -0.1) is 0 Å². The lowest BCUT2D eigenvalue weighted by atomic mass is 10.2. The zero-order valence-electron chi connectivity index (χ0n) is 14.8. The molecular weight excluding hydrogens is 332 g/mol. The maximum absolute atomic E-state index is 11.9. The number of hydrogen-bond acceptors (Lipinski definition) is 5. The first-order valence-corrected chi connectivity index (χ1v) is 8.50. The summed E-state index contributed by atoms with van der Waals surface area (Å²) in [6, 6.07) is 11.3. The molecule has 0 fully saturated rings. The van der Waals surface area contributed by atoms with Crippen LogP contribution in [0.15, 0.2) is 48.8 Å². The minimum atomic E-state index is -0.300. The van der Waals surface area contributed by atoms with Crippen molar-refractivity contribution in [3.05, 3.63) is 59.9 Å². The van der Waals surface area contributed by atoms with Crippen LogP contribution in [0.5, 0.6) is 0 Å². The SMILES string of the molecule is CCNCc1cccc(NC(=O)COCC(=O)NCc2cccnc2)c1. The summed E-state index contributed by atoms with van der Waals surface area (Å²) in [7, 11) is 0.